The van der Waals surface area contributed by atoms with Gasteiger partial charge in [0.15, 0.2) is 21.6 Å². The number of nitrogens with zero attached hydrogens (tertiary/aromatic N) is 7. The molecule has 0 fully saturated rings. The van der Waals surface area contributed by atoms with Gasteiger partial charge in [0, 0.05) is 38.1 Å². The molecule has 119 heavy (non-hydrogen) atoms. The lowest BCUT2D eigenvalue weighted by atomic mass is 10.1. The van der Waals surface area contributed by atoms with Crippen molar-refractivity contribution in [3.05, 3.63) is 247 Å². The number of thioether (sulfide) groups is 3. The molecule has 6 aliphatic rings. The first-order chi connectivity index (χ1) is 56.3. The van der Waals surface area contributed by atoms with E-state index in [1.54, 1.807) is 68.1 Å². The topological polar surface area (TPSA) is 325 Å². The number of Topliss-reactive ketones (excluding diaryl/α,β-unsaturated/α-hetero) is 2. The number of hydrogen-bond acceptors (Lipinski definition) is 20. The van der Waals surface area contributed by atoms with Gasteiger partial charge in [-0.15, -0.1) is 25.5 Å². The summed E-state index contributed by atoms with van der Waals surface area (Å²) in [5, 5.41) is 73.1. The Bertz CT molecular complexity index is 5430. The average molecular weight is 2060 g/mol. The van der Waals surface area contributed by atoms with E-state index in [2.05, 4.69) is 73.0 Å². The van der Waals surface area contributed by atoms with Crippen molar-refractivity contribution in [3.63, 3.8) is 0 Å². The molecule has 0 saturated heterocycles. The molecule has 6 N–H and O–H groups in total. The molecule has 0 bridgehead atoms. The summed E-state index contributed by atoms with van der Waals surface area (Å²) >= 11 is 82.3. The number of carboxylic acids is 2. The Morgan fingerprint density at radius 1 is 0.513 bits per heavy atom. The van der Waals surface area contributed by atoms with Crippen LogP contribution in [0.3, 0.4) is 0 Å². The number of aromatic carboxylic acids is 1. The number of carbonyl (C=O) groups excluding carboxylic acids is 4. The lowest BCUT2D eigenvalue weighted by Crippen LogP contribution is -2.21. The van der Waals surface area contributed by atoms with Crippen LogP contribution in [0, 0.1) is 0 Å². The molecule has 16 rings (SSSR count). The fourth-order valence-electron chi connectivity index (χ4n) is 12.7. The first-order valence-electron chi connectivity index (χ1n) is 35.2. The molecule has 3 aromatic heterocycles. The Morgan fingerprint density at radius 3 is 1.39 bits per heavy atom. The first-order valence-corrected chi connectivity index (χ1v) is 44.2. The lowest BCUT2D eigenvalue weighted by Gasteiger charge is -2.16. The van der Waals surface area contributed by atoms with E-state index in [1.165, 1.54) is 46.4 Å². The van der Waals surface area contributed by atoms with Crippen LogP contribution in [0.2, 0.25) is 60.3 Å². The number of nitrogens with one attached hydrogen (secondary N) is 2. The lowest BCUT2D eigenvalue weighted by molar-refractivity contribution is -0.192. The molecule has 5 atom stereocenters. The van der Waals surface area contributed by atoms with E-state index in [4.69, 9.17) is 168 Å². The van der Waals surface area contributed by atoms with Crippen molar-refractivity contribution in [2.45, 2.75) is 137 Å². The third-order valence-corrected chi connectivity index (χ3v) is 28.0. The molecule has 6 aliphatic carbocycles. The van der Waals surface area contributed by atoms with E-state index in [0.29, 0.717) is 113 Å². The Labute approximate surface area is 766 Å². The Kier molecular flexibility index (Phi) is 34.2. The van der Waals surface area contributed by atoms with Crippen molar-refractivity contribution in [1.29, 1.82) is 0 Å². The summed E-state index contributed by atoms with van der Waals surface area (Å²) in [5.74, 6) is -3.83. The van der Waals surface area contributed by atoms with Gasteiger partial charge in [0.25, 0.3) is 0 Å². The third-order valence-electron chi connectivity index (χ3n) is 18.4. The molecule has 0 amide bonds. The van der Waals surface area contributed by atoms with Gasteiger partial charge in [-0.05, 0) is 211 Å². The number of aromatic amines is 2. The van der Waals surface area contributed by atoms with Crippen molar-refractivity contribution in [1.82, 2.24) is 45.8 Å². The molecule has 42 heteroatoms. The smallest absolute Gasteiger partial charge is 0.490 e. The summed E-state index contributed by atoms with van der Waals surface area (Å²) in [4.78, 5) is 66.9. The number of aliphatic carboxylic acids is 1. The minimum Gasteiger partial charge on any atom is -0.497 e. The molecule has 5 unspecified atom stereocenters. The van der Waals surface area contributed by atoms with Crippen LogP contribution in [0.15, 0.2) is 112 Å². The fourth-order valence-corrected chi connectivity index (χ4v) is 19.8. The molecule has 0 radical (unpaired) electrons. The minimum atomic E-state index is -5.08. The second-order valence-electron chi connectivity index (χ2n) is 26.3. The standard InChI is InChI=1S/C22H21Cl2N3O4S.C14H13Cl2N3O2S.C12H9Cl2N3O2S.C9H7BrCl2O.C9H5BrCl2O.C9H6Cl2O.C2HF3O2/c1-3-31-22(29)19-21(27(26-25-19)11-12-4-6-14(30-2)7-5-12)32-18-9-13-8-16(23)17(24)10-15(13)20(18)28;1-2-21-14(20)12-13(18-19-17-12)22-9-3-7-5-10(15)11(16)6-8(7)4-9;13-8-3-5-1-7(2-6(5)4-9(8)14)20-11-10(12(18)19)15-17-16-11;2*10-6-1-4-2-7(11)8(12)3-5(4)9(6)13;10-7-3-5-1-2-9(12)6(5)4-8(7)11;3-2(4,5)1(6)7/h4-8,10,18,20,28H,3,9,11H2,1-2H3;5-6,9H,2-4H2,1H3,(H,17,18,19);3-4,7H,1-2H2,(H,18,19)(H,15,16,17);2-3,6,9,13H,1H2;2-3,6H,1H2;3-4H,1-2H2;(H,6,7). The number of aliphatic hydroxyl groups is 2. The molecule has 22 nitrogen and oxygen atoms in total. The van der Waals surface area contributed by atoms with Gasteiger partial charge in [-0.25, -0.2) is 23.9 Å². The molecular weight excluding hydrogens is 2000 g/mol. The highest BCUT2D eigenvalue weighted by Crippen LogP contribution is 2.47. The summed E-state index contributed by atoms with van der Waals surface area (Å²) in [6, 6.07) is 29.0. The third kappa shape index (κ3) is 24.4. The van der Waals surface area contributed by atoms with E-state index >= 15 is 0 Å². The largest absolute Gasteiger partial charge is 0.497 e. The van der Waals surface area contributed by atoms with Gasteiger partial charge >= 0.3 is 30.1 Å². The number of fused-ring (bicyclic) bond motifs is 6. The highest BCUT2D eigenvalue weighted by Gasteiger charge is 2.40. The number of H-pyrrole nitrogens is 2. The van der Waals surface area contributed by atoms with Crippen molar-refractivity contribution in [3.8, 4) is 5.75 Å². The number of rotatable bonds is 14. The molecule has 7 aromatic carbocycles. The molecule has 10 aromatic rings. The number of ketones is 2. The molecule has 630 valence electrons. The van der Waals surface area contributed by atoms with Crippen molar-refractivity contribution >= 4 is 242 Å². The normalized spacial score (nSPS) is 17.0. The Balaban J connectivity index is 0.000000153. The van der Waals surface area contributed by atoms with E-state index in [0.717, 1.165) is 99.9 Å². The number of aromatic nitrogens is 9. The van der Waals surface area contributed by atoms with Crippen LogP contribution in [-0.4, -0.2) is 154 Å². The zero-order valence-electron chi connectivity index (χ0n) is 61.5. The van der Waals surface area contributed by atoms with Gasteiger partial charge in [-0.1, -0.05) is 224 Å². The second-order valence-corrected chi connectivity index (χ2v) is 37.3. The van der Waals surface area contributed by atoms with Gasteiger partial charge in [0.2, 0.25) is 17.1 Å². The highest BCUT2D eigenvalue weighted by atomic mass is 79.9. The quantitative estimate of drug-likeness (QED) is 0.0435. The summed E-state index contributed by atoms with van der Waals surface area (Å²) in [6.45, 7) is 4.42. The number of ether oxygens (including phenoxy) is 3. The van der Waals surface area contributed by atoms with Crippen LogP contribution in [0.25, 0.3) is 0 Å². The first kappa shape index (κ1) is 95.4. The summed E-state index contributed by atoms with van der Waals surface area (Å²) in [6.07, 6.45) is 0.446. The number of aryl methyl sites for hydroxylation is 1. The van der Waals surface area contributed by atoms with Crippen LogP contribution in [0.5, 0.6) is 5.75 Å². The number of alkyl halides is 5. The average Bonchev–Trinajstić information content (AvgIpc) is 1.62. The van der Waals surface area contributed by atoms with Crippen molar-refractivity contribution in [2.24, 2.45) is 0 Å². The van der Waals surface area contributed by atoms with Crippen LogP contribution >= 0.6 is 206 Å². The van der Waals surface area contributed by atoms with Gasteiger partial charge in [0.1, 0.15) is 10.8 Å². The van der Waals surface area contributed by atoms with E-state index in [9.17, 15) is 47.4 Å². The van der Waals surface area contributed by atoms with Crippen molar-refractivity contribution < 1.29 is 76.6 Å². The number of esters is 2. The van der Waals surface area contributed by atoms with Crippen LogP contribution < -0.4 is 4.74 Å². The fraction of sp³-hybridized carbons (Fsp3) is 0.299. The minimum absolute atomic E-state index is 0.0398. The summed E-state index contributed by atoms with van der Waals surface area (Å²) in [7, 11) is 1.61. The maximum absolute atomic E-state index is 12.5. The Morgan fingerprint density at radius 2 is 0.924 bits per heavy atom. The number of halogens is 17. The number of carboxylic acid groups (broad SMARTS) is 2. The summed E-state index contributed by atoms with van der Waals surface area (Å²) in [5.41, 5.74) is 13.0. The monoisotopic (exact) mass is 2050 g/mol. The van der Waals surface area contributed by atoms with Gasteiger partial charge in [0.05, 0.1) is 104 Å². The number of hydrogen-bond donors (Lipinski definition) is 6. The van der Waals surface area contributed by atoms with Crippen molar-refractivity contribution in [2.75, 3.05) is 20.3 Å². The predicted octanol–water partition coefficient (Wildman–Crippen LogP) is 21.8. The van der Waals surface area contributed by atoms with Crippen LogP contribution in [-0.2, 0) is 72.2 Å². The molecule has 0 saturated carbocycles. The highest BCUT2D eigenvalue weighted by molar-refractivity contribution is 9.10. The van der Waals surface area contributed by atoms with Gasteiger partial charge in [-0.2, -0.15) is 23.6 Å². The van der Waals surface area contributed by atoms with Crippen LogP contribution in [0.4, 0.5) is 13.2 Å². The van der Waals surface area contributed by atoms with E-state index in [-0.39, 0.29) is 60.7 Å². The number of aliphatic hydroxyl groups excluding tert-OH is 2. The zero-order chi connectivity index (χ0) is 86.8. The van der Waals surface area contributed by atoms with E-state index < -0.39 is 42.3 Å². The maximum atomic E-state index is 12.5. The Hall–Kier alpha value is -5.82. The maximum Gasteiger partial charge on any atom is 0.490 e. The van der Waals surface area contributed by atoms with Gasteiger partial charge in [-0.3, -0.25) is 9.59 Å². The number of methoxy groups -OCH3 is 1. The van der Waals surface area contributed by atoms with Crippen LogP contribution in [0.1, 0.15) is 146 Å². The van der Waals surface area contributed by atoms with Gasteiger partial charge < -0.3 is 34.6 Å². The molecular formula is C77H62Br2Cl12F3N9O13S3. The molecule has 0 aliphatic heterocycles. The SMILES string of the molecule is CCOC(=O)c1n[nH]nc1SC1Cc2cc(Cl)c(Cl)cc2C1.CCOC(=O)c1nnn(Cc2ccc(OC)cc2)c1SC1Cc2cc(Cl)c(Cl)cc2C1O.O=C(O)C(F)(F)F.O=C(O)c1n[nH]nc1SC1Cc2cc(Cl)c(Cl)cc2C1.O=C1CCc2cc(Cl)c(Cl)cc21.O=C1c2cc(Cl)c(Cl)cc2CC1Br.OC1c2cc(Cl)c(Cl)cc2CC1Br. The van der Waals surface area contributed by atoms with E-state index in [1.807, 2.05) is 54.6 Å². The summed E-state index contributed by atoms with van der Waals surface area (Å²) < 4.78 is 48.7. The molecule has 3 heterocycles. The zero-order valence-corrected chi connectivity index (χ0v) is 76.2. The number of carbonyl (C=O) groups is 6. The predicted molar refractivity (Wildman–Crippen MR) is 463 cm³/mol. The molecule has 0 spiro atoms. The number of benzene rings is 7. The second kappa shape index (κ2) is 42.7.